The van der Waals surface area contributed by atoms with Crippen LogP contribution in [0, 0.1) is 0 Å². The molecule has 0 unspecified atom stereocenters. The summed E-state index contributed by atoms with van der Waals surface area (Å²) in [5.41, 5.74) is 1.98. The lowest BCUT2D eigenvalue weighted by Gasteiger charge is -2.17. The Labute approximate surface area is 134 Å². The minimum Gasteiger partial charge on any atom is -0.491 e. The zero-order chi connectivity index (χ0) is 16.4. The zero-order valence-electron chi connectivity index (χ0n) is 13.3. The monoisotopic (exact) mass is 316 g/mol. The fourth-order valence-electron chi connectivity index (χ4n) is 2.68. The molecule has 2 aromatic rings. The molecule has 2 heterocycles. The van der Waals surface area contributed by atoms with E-state index in [1.165, 1.54) is 0 Å². The highest BCUT2D eigenvalue weighted by Crippen LogP contribution is 2.28. The predicted octanol–water partition coefficient (Wildman–Crippen LogP) is 2.89. The number of para-hydroxylation sites is 1. The van der Waals surface area contributed by atoms with Gasteiger partial charge < -0.3 is 14.4 Å². The van der Waals surface area contributed by atoms with E-state index in [1.54, 1.807) is 12.1 Å². The lowest BCUT2D eigenvalue weighted by Crippen LogP contribution is -2.25. The van der Waals surface area contributed by atoms with Crippen LogP contribution in [0.15, 0.2) is 28.8 Å². The average molecular weight is 316 g/mol. The average Bonchev–Trinajstić information content (AvgIpc) is 2.87. The number of rotatable bonds is 4. The molecule has 0 saturated carbocycles. The van der Waals surface area contributed by atoms with Gasteiger partial charge in [-0.25, -0.2) is 4.79 Å². The molecule has 1 aromatic heterocycles. The number of fused-ring (bicyclic) bond motifs is 1. The maximum absolute atomic E-state index is 11.3. The van der Waals surface area contributed by atoms with Crippen LogP contribution in [-0.2, 0) is 13.1 Å². The molecule has 1 aromatic carbocycles. The highest BCUT2D eigenvalue weighted by molar-refractivity contribution is 5.91. The molecule has 1 aliphatic heterocycles. The van der Waals surface area contributed by atoms with Crippen molar-refractivity contribution < 1.29 is 19.2 Å². The van der Waals surface area contributed by atoms with Gasteiger partial charge in [0, 0.05) is 37.2 Å². The van der Waals surface area contributed by atoms with Crippen LogP contribution < -0.4 is 4.74 Å². The van der Waals surface area contributed by atoms with Crippen LogP contribution in [0.3, 0.4) is 0 Å². The van der Waals surface area contributed by atoms with Gasteiger partial charge in [0.1, 0.15) is 23.7 Å². The first-order valence-corrected chi connectivity index (χ1v) is 7.70. The molecule has 0 atom stereocenters. The molecular formula is C17H20N2O4. The van der Waals surface area contributed by atoms with E-state index in [2.05, 4.69) is 23.9 Å². The normalized spacial score (nSPS) is 15.1. The van der Waals surface area contributed by atoms with E-state index in [9.17, 15) is 9.90 Å². The molecule has 0 fully saturated rings. The summed E-state index contributed by atoms with van der Waals surface area (Å²) in [4.78, 5) is 13.5. The number of hydrogen-bond acceptors (Lipinski definition) is 5. The van der Waals surface area contributed by atoms with Gasteiger partial charge in [0.2, 0.25) is 0 Å². The summed E-state index contributed by atoms with van der Waals surface area (Å²) in [6.45, 7) is 6.56. The highest BCUT2D eigenvalue weighted by atomic mass is 16.5. The molecule has 3 rings (SSSR count). The van der Waals surface area contributed by atoms with Crippen molar-refractivity contribution in [3.05, 3.63) is 46.8 Å². The van der Waals surface area contributed by atoms with Gasteiger partial charge >= 0.3 is 5.97 Å². The standard InChI is InChI=1S/C17H20N2O4/c1-11(2)15-8-13(18-23-15)10-19-6-7-22-16-12(9-19)4-3-5-14(16)17(20)21/h3-5,8,11H,6-7,9-10H2,1-2H3,(H,20,21). The largest absolute Gasteiger partial charge is 0.491 e. The molecule has 0 saturated heterocycles. The molecule has 1 aliphatic rings. The number of carboxylic acids is 1. The van der Waals surface area contributed by atoms with E-state index < -0.39 is 5.97 Å². The van der Waals surface area contributed by atoms with Gasteiger partial charge in [-0.3, -0.25) is 4.90 Å². The Balaban J connectivity index is 1.78. The molecule has 122 valence electrons. The number of carboxylic acid groups (broad SMARTS) is 1. The lowest BCUT2D eigenvalue weighted by atomic mass is 10.1. The summed E-state index contributed by atoms with van der Waals surface area (Å²) in [6, 6.07) is 7.21. The van der Waals surface area contributed by atoms with Gasteiger partial charge in [0.15, 0.2) is 0 Å². The first-order valence-electron chi connectivity index (χ1n) is 7.70. The molecule has 0 amide bonds. The maximum atomic E-state index is 11.3. The Morgan fingerprint density at radius 3 is 2.96 bits per heavy atom. The van der Waals surface area contributed by atoms with Gasteiger partial charge in [-0.1, -0.05) is 31.1 Å². The third-order valence-corrected chi connectivity index (χ3v) is 3.91. The summed E-state index contributed by atoms with van der Waals surface area (Å²) in [5.74, 6) is 0.695. The molecule has 23 heavy (non-hydrogen) atoms. The zero-order valence-corrected chi connectivity index (χ0v) is 13.3. The van der Waals surface area contributed by atoms with Gasteiger partial charge in [-0.05, 0) is 6.07 Å². The minimum atomic E-state index is -0.964. The summed E-state index contributed by atoms with van der Waals surface area (Å²) < 4.78 is 11.0. The molecule has 0 spiro atoms. The van der Waals surface area contributed by atoms with E-state index in [1.807, 2.05) is 12.1 Å². The molecule has 6 nitrogen and oxygen atoms in total. The first-order chi connectivity index (χ1) is 11.0. The third-order valence-electron chi connectivity index (χ3n) is 3.91. The molecule has 0 bridgehead atoms. The number of ether oxygens (including phenoxy) is 1. The van der Waals surface area contributed by atoms with Crippen LogP contribution in [0.1, 0.15) is 47.1 Å². The first kappa shape index (κ1) is 15.6. The Morgan fingerprint density at radius 2 is 2.26 bits per heavy atom. The van der Waals surface area contributed by atoms with E-state index in [0.29, 0.717) is 37.9 Å². The predicted molar refractivity (Wildman–Crippen MR) is 83.6 cm³/mol. The number of nitrogens with zero attached hydrogens (tertiary/aromatic N) is 2. The Morgan fingerprint density at radius 1 is 1.43 bits per heavy atom. The van der Waals surface area contributed by atoms with Crippen molar-refractivity contribution in [1.82, 2.24) is 10.1 Å². The van der Waals surface area contributed by atoms with Crippen LogP contribution in [0.4, 0.5) is 0 Å². The summed E-state index contributed by atoms with van der Waals surface area (Å²) >= 11 is 0. The van der Waals surface area contributed by atoms with E-state index in [4.69, 9.17) is 9.26 Å². The summed E-state index contributed by atoms with van der Waals surface area (Å²) in [6.07, 6.45) is 0. The van der Waals surface area contributed by atoms with Crippen molar-refractivity contribution >= 4 is 5.97 Å². The quantitative estimate of drug-likeness (QED) is 0.934. The second kappa shape index (κ2) is 6.42. The number of carbonyl (C=O) groups is 1. The van der Waals surface area contributed by atoms with Crippen molar-refractivity contribution in [3.8, 4) is 5.75 Å². The van der Waals surface area contributed by atoms with Gasteiger partial charge in [-0.15, -0.1) is 0 Å². The maximum Gasteiger partial charge on any atom is 0.339 e. The Bertz CT molecular complexity index is 708. The van der Waals surface area contributed by atoms with Crippen LogP contribution in [0.25, 0.3) is 0 Å². The van der Waals surface area contributed by atoms with Crippen LogP contribution in [0.2, 0.25) is 0 Å². The third kappa shape index (κ3) is 3.37. The highest BCUT2D eigenvalue weighted by Gasteiger charge is 2.21. The number of hydrogen-bond donors (Lipinski definition) is 1. The second-order valence-electron chi connectivity index (χ2n) is 6.03. The molecule has 6 heteroatoms. The fourth-order valence-corrected chi connectivity index (χ4v) is 2.68. The van der Waals surface area contributed by atoms with Gasteiger partial charge in [0.25, 0.3) is 0 Å². The van der Waals surface area contributed by atoms with Crippen molar-refractivity contribution in [2.75, 3.05) is 13.2 Å². The Hall–Kier alpha value is -2.34. The van der Waals surface area contributed by atoms with Gasteiger partial charge in [0.05, 0.1) is 5.69 Å². The van der Waals surface area contributed by atoms with Crippen molar-refractivity contribution in [3.63, 3.8) is 0 Å². The minimum absolute atomic E-state index is 0.216. The van der Waals surface area contributed by atoms with E-state index >= 15 is 0 Å². The number of aromatic carboxylic acids is 1. The smallest absolute Gasteiger partial charge is 0.339 e. The fraction of sp³-hybridized carbons (Fsp3) is 0.412. The van der Waals surface area contributed by atoms with Crippen molar-refractivity contribution in [2.24, 2.45) is 0 Å². The van der Waals surface area contributed by atoms with E-state index in [-0.39, 0.29) is 5.56 Å². The van der Waals surface area contributed by atoms with Crippen LogP contribution in [-0.4, -0.2) is 34.3 Å². The van der Waals surface area contributed by atoms with Gasteiger partial charge in [-0.2, -0.15) is 0 Å². The number of aromatic nitrogens is 1. The van der Waals surface area contributed by atoms with Crippen molar-refractivity contribution in [1.29, 1.82) is 0 Å². The summed E-state index contributed by atoms with van der Waals surface area (Å²) in [5, 5.41) is 13.4. The lowest BCUT2D eigenvalue weighted by molar-refractivity contribution is 0.0692. The molecule has 0 radical (unpaired) electrons. The van der Waals surface area contributed by atoms with Crippen molar-refractivity contribution in [2.45, 2.75) is 32.9 Å². The SMILES string of the molecule is CC(C)c1cc(CN2CCOc3c(cccc3C(=O)O)C2)no1. The number of benzene rings is 1. The second-order valence-corrected chi connectivity index (χ2v) is 6.03. The van der Waals surface area contributed by atoms with Crippen LogP contribution in [0.5, 0.6) is 5.75 Å². The van der Waals surface area contributed by atoms with Crippen LogP contribution >= 0.6 is 0 Å². The Kier molecular flexibility index (Phi) is 4.34. The molecular weight excluding hydrogens is 296 g/mol. The molecule has 1 N–H and O–H groups in total. The molecule has 0 aliphatic carbocycles. The topological polar surface area (TPSA) is 75.8 Å². The van der Waals surface area contributed by atoms with E-state index in [0.717, 1.165) is 17.0 Å². The summed E-state index contributed by atoms with van der Waals surface area (Å²) in [7, 11) is 0.